The van der Waals surface area contributed by atoms with E-state index in [2.05, 4.69) is 0 Å². The van der Waals surface area contributed by atoms with Gasteiger partial charge in [0.1, 0.15) is 6.04 Å². The zero-order valence-electron chi connectivity index (χ0n) is 8.03. The van der Waals surface area contributed by atoms with E-state index in [-0.39, 0.29) is 32.3 Å². The van der Waals surface area contributed by atoms with E-state index in [4.69, 9.17) is 33.5 Å². The van der Waals surface area contributed by atoms with Crippen molar-refractivity contribution in [3.63, 3.8) is 0 Å². The summed E-state index contributed by atoms with van der Waals surface area (Å²) in [6.07, 6.45) is -0.224. The average Bonchev–Trinajstić information content (AvgIpc) is 1.96. The molecule has 0 rings (SSSR count). The minimum Gasteiger partial charge on any atom is -0.759 e. The van der Waals surface area contributed by atoms with E-state index in [1.165, 1.54) is 0 Å². The number of aliphatic carboxylic acids is 2. The molecule has 90 valence electrons. The van der Waals surface area contributed by atoms with Gasteiger partial charge in [-0.25, -0.2) is 0 Å². The number of carbonyl (C=O) groups is 2. The van der Waals surface area contributed by atoms with Crippen LogP contribution in [0.25, 0.3) is 0 Å². The smallest absolute Gasteiger partial charge is 0.759 e. The maximum atomic E-state index is 9.99. The van der Waals surface area contributed by atoms with E-state index >= 15 is 0 Å². The quantitative estimate of drug-likeness (QED) is 0.298. The summed E-state index contributed by atoms with van der Waals surface area (Å²) in [5.41, 5.74) is 5.00. The summed E-state index contributed by atoms with van der Waals surface area (Å²) in [6, 6.07) is -1.06. The van der Waals surface area contributed by atoms with Gasteiger partial charge >= 0.3 is 31.4 Å². The molecule has 0 spiro atoms. The third-order valence-electron chi connectivity index (χ3n) is 0.986. The van der Waals surface area contributed by atoms with Gasteiger partial charge in [-0.3, -0.25) is 18.0 Å². The Hall–Kier alpha value is -0.607. The molecule has 11 heteroatoms. The Kier molecular flexibility index (Phi) is 12.5. The Labute approximate surface area is 104 Å². The van der Waals surface area contributed by atoms with Crippen molar-refractivity contribution in [2.45, 2.75) is 18.9 Å². The third kappa shape index (κ3) is 29.2. The van der Waals surface area contributed by atoms with Crippen LogP contribution >= 0.6 is 0 Å². The second-order valence-electron chi connectivity index (χ2n) is 2.29. The van der Waals surface area contributed by atoms with Crippen LogP contribution in [0.1, 0.15) is 12.8 Å². The molecule has 0 aromatic rings. The van der Waals surface area contributed by atoms with E-state index in [1.54, 1.807) is 0 Å². The van der Waals surface area contributed by atoms with Gasteiger partial charge < -0.3 is 25.1 Å². The molecule has 4 N–H and O–H groups in total. The van der Waals surface area contributed by atoms with Gasteiger partial charge in [-0.05, 0) is 6.42 Å². The second kappa shape index (κ2) is 9.61. The maximum absolute atomic E-state index is 9.99. The Morgan fingerprint density at radius 2 is 1.56 bits per heavy atom. The second-order valence-corrected chi connectivity index (χ2v) is 3.10. The molecule has 0 bridgehead atoms. The van der Waals surface area contributed by atoms with Crippen LogP contribution < -0.4 is 5.73 Å². The van der Waals surface area contributed by atoms with Crippen LogP contribution in [0, 0.1) is 0 Å². The maximum Gasteiger partial charge on any atom is 2.00 e. The third-order valence-corrected chi connectivity index (χ3v) is 0.986. The van der Waals surface area contributed by atoms with Gasteiger partial charge in [0.05, 0.1) is 0 Å². The minimum atomic E-state index is -5.17. The molecule has 0 aromatic carbocycles. The first-order valence-corrected chi connectivity index (χ1v) is 4.74. The molecule has 0 saturated carbocycles. The number of nitrogens with two attached hydrogens (primary N) is 1. The molecule has 0 aromatic heterocycles. The standard InChI is InChI=1S/C5H9NO4.H2O4S.Zn/c6-3(5(9)10)1-2-4(7)8;1-5(2,3)4;/h3H,1-2,6H2,(H,7,8)(H,9,10);(H2,1,2,3,4);/q;;+2/p-2. The summed E-state index contributed by atoms with van der Waals surface area (Å²) >= 11 is 0. The molecule has 0 heterocycles. The monoisotopic (exact) mass is 307 g/mol. The fraction of sp³-hybridized carbons (Fsp3) is 0.600. The molecule has 1 unspecified atom stereocenters. The van der Waals surface area contributed by atoms with Crippen LogP contribution in [0.4, 0.5) is 0 Å². The predicted molar refractivity (Wildman–Crippen MR) is 43.0 cm³/mol. The van der Waals surface area contributed by atoms with Crippen molar-refractivity contribution >= 4 is 22.3 Å². The van der Waals surface area contributed by atoms with Gasteiger partial charge in [0.25, 0.3) is 0 Å². The largest absolute Gasteiger partial charge is 2.00 e. The van der Waals surface area contributed by atoms with Crippen molar-refractivity contribution in [1.82, 2.24) is 0 Å². The van der Waals surface area contributed by atoms with Gasteiger partial charge in [0.15, 0.2) is 0 Å². The van der Waals surface area contributed by atoms with Crippen molar-refractivity contribution in [3.05, 3.63) is 0 Å². The Balaban J connectivity index is -0.000000242. The zero-order valence-corrected chi connectivity index (χ0v) is 11.8. The molecule has 1 atom stereocenters. The number of carboxylic acids is 2. The normalized spacial score (nSPS) is 11.4. The SMILES string of the molecule is NC(CCC(=O)O)C(=O)O.O=S(=O)([O-])[O-].[Zn+2]. The van der Waals surface area contributed by atoms with E-state index in [0.717, 1.165) is 0 Å². The van der Waals surface area contributed by atoms with Gasteiger partial charge in [-0.15, -0.1) is 0 Å². The van der Waals surface area contributed by atoms with Crippen molar-refractivity contribution in [3.8, 4) is 0 Å². The van der Waals surface area contributed by atoms with Crippen LogP contribution in [0.5, 0.6) is 0 Å². The van der Waals surface area contributed by atoms with Gasteiger partial charge in [0.2, 0.25) is 0 Å². The zero-order chi connectivity index (χ0) is 12.6. The van der Waals surface area contributed by atoms with Crippen LogP contribution in [0.2, 0.25) is 0 Å². The molecule has 0 amide bonds. The fourth-order valence-corrected chi connectivity index (χ4v) is 0.402. The van der Waals surface area contributed by atoms with Crippen molar-refractivity contribution in [2.75, 3.05) is 0 Å². The fourth-order valence-electron chi connectivity index (χ4n) is 0.402. The molecular formula is C5H9NO8SZn. The number of carboxylic acid groups (broad SMARTS) is 2. The molecule has 0 saturated heterocycles. The number of hydrogen-bond acceptors (Lipinski definition) is 7. The molecule has 9 nitrogen and oxygen atoms in total. The first-order chi connectivity index (χ1) is 6.54. The van der Waals surface area contributed by atoms with E-state index in [0.29, 0.717) is 0 Å². The summed E-state index contributed by atoms with van der Waals surface area (Å²) in [5, 5.41) is 16.3. The molecule has 0 aliphatic heterocycles. The minimum absolute atomic E-state index is 0. The summed E-state index contributed by atoms with van der Waals surface area (Å²) in [4.78, 5) is 19.9. The van der Waals surface area contributed by atoms with Gasteiger partial charge in [-0.2, -0.15) is 0 Å². The van der Waals surface area contributed by atoms with Crippen LogP contribution in [0.3, 0.4) is 0 Å². The van der Waals surface area contributed by atoms with Crippen molar-refractivity contribution < 1.29 is 56.8 Å². The van der Waals surface area contributed by atoms with Crippen molar-refractivity contribution in [2.24, 2.45) is 5.73 Å². The van der Waals surface area contributed by atoms with Crippen LogP contribution in [-0.4, -0.2) is 45.7 Å². The van der Waals surface area contributed by atoms with Gasteiger partial charge in [-0.1, -0.05) is 0 Å². The Bertz CT molecular complexity index is 306. The van der Waals surface area contributed by atoms with Crippen LogP contribution in [0.15, 0.2) is 0 Å². The molecule has 16 heavy (non-hydrogen) atoms. The number of hydrogen-bond donors (Lipinski definition) is 3. The Morgan fingerprint density at radius 1 is 1.25 bits per heavy atom. The Morgan fingerprint density at radius 3 is 1.75 bits per heavy atom. The number of rotatable bonds is 4. The van der Waals surface area contributed by atoms with E-state index in [9.17, 15) is 9.59 Å². The molecule has 0 aliphatic rings. The summed E-state index contributed by atoms with van der Waals surface area (Å²) < 4.78 is 34.1. The first-order valence-electron chi connectivity index (χ1n) is 3.41. The first kappa shape index (κ1) is 20.8. The molecule has 0 aliphatic carbocycles. The van der Waals surface area contributed by atoms with E-state index in [1.807, 2.05) is 0 Å². The van der Waals surface area contributed by atoms with Crippen molar-refractivity contribution in [1.29, 1.82) is 0 Å². The van der Waals surface area contributed by atoms with Crippen LogP contribution in [-0.2, 0) is 39.5 Å². The van der Waals surface area contributed by atoms with Gasteiger partial charge in [0, 0.05) is 16.8 Å². The van der Waals surface area contributed by atoms with E-state index < -0.39 is 28.4 Å². The molecular weight excluding hydrogens is 300 g/mol. The summed E-state index contributed by atoms with van der Waals surface area (Å²) in [6.45, 7) is 0. The molecule has 0 fully saturated rings. The summed E-state index contributed by atoms with van der Waals surface area (Å²) in [7, 11) is -5.17. The summed E-state index contributed by atoms with van der Waals surface area (Å²) in [5.74, 6) is -2.20. The predicted octanol–water partition coefficient (Wildman–Crippen LogP) is -2.08. The molecule has 0 radical (unpaired) electrons. The average molecular weight is 309 g/mol. The topological polar surface area (TPSA) is 181 Å².